The zero-order chi connectivity index (χ0) is 18.0. The molecule has 0 amide bonds. The molecule has 0 spiro atoms. The van der Waals surface area contributed by atoms with Gasteiger partial charge in [-0.2, -0.15) is 0 Å². The van der Waals surface area contributed by atoms with Crippen molar-refractivity contribution < 1.29 is 14.8 Å². The standard InChI is InChI=1S/C18H19ClN2O4/c1-25-14-5-2-4-13(11-14)18(22)8-3-9-20-17(18)12-6-7-15(19)16(10-12)21(23)24/h2,4-7,10-11,17,20,22H,3,8-9H2,1H3. The number of aliphatic hydroxyl groups is 1. The van der Waals surface area contributed by atoms with Crippen molar-refractivity contribution in [3.8, 4) is 5.75 Å². The molecule has 1 fully saturated rings. The molecular weight excluding hydrogens is 344 g/mol. The van der Waals surface area contributed by atoms with Crippen molar-refractivity contribution in [1.29, 1.82) is 0 Å². The topological polar surface area (TPSA) is 84.6 Å². The van der Waals surface area contributed by atoms with E-state index in [2.05, 4.69) is 5.32 Å². The fourth-order valence-corrected chi connectivity index (χ4v) is 3.55. The van der Waals surface area contributed by atoms with E-state index in [1.807, 2.05) is 18.2 Å². The Labute approximate surface area is 150 Å². The molecule has 3 rings (SSSR count). The Morgan fingerprint density at radius 2 is 2.16 bits per heavy atom. The first-order valence-electron chi connectivity index (χ1n) is 8.00. The van der Waals surface area contributed by atoms with E-state index >= 15 is 0 Å². The van der Waals surface area contributed by atoms with E-state index in [1.54, 1.807) is 19.2 Å². The summed E-state index contributed by atoms with van der Waals surface area (Å²) < 4.78 is 5.26. The SMILES string of the molecule is COc1cccc(C2(O)CCCNC2c2ccc(Cl)c([N+](=O)[O-])c2)c1. The Balaban J connectivity index is 2.06. The summed E-state index contributed by atoms with van der Waals surface area (Å²) in [6.45, 7) is 0.716. The largest absolute Gasteiger partial charge is 0.497 e. The second-order valence-corrected chi connectivity index (χ2v) is 6.52. The fraction of sp³-hybridized carbons (Fsp3) is 0.333. The highest BCUT2D eigenvalue weighted by Crippen LogP contribution is 2.43. The number of rotatable bonds is 4. The molecule has 2 aromatic carbocycles. The van der Waals surface area contributed by atoms with Crippen LogP contribution in [0.2, 0.25) is 5.02 Å². The van der Waals surface area contributed by atoms with Gasteiger partial charge < -0.3 is 15.2 Å². The lowest BCUT2D eigenvalue weighted by atomic mass is 9.77. The van der Waals surface area contributed by atoms with E-state index in [9.17, 15) is 15.2 Å². The van der Waals surface area contributed by atoms with E-state index in [1.165, 1.54) is 12.1 Å². The quantitative estimate of drug-likeness (QED) is 0.641. The Morgan fingerprint density at radius 3 is 2.88 bits per heavy atom. The lowest BCUT2D eigenvalue weighted by Crippen LogP contribution is -2.46. The molecule has 1 saturated heterocycles. The maximum absolute atomic E-state index is 11.5. The van der Waals surface area contributed by atoms with Crippen molar-refractivity contribution in [2.75, 3.05) is 13.7 Å². The minimum absolute atomic E-state index is 0.0782. The monoisotopic (exact) mass is 362 g/mol. The van der Waals surface area contributed by atoms with Gasteiger partial charge >= 0.3 is 0 Å². The van der Waals surface area contributed by atoms with Gasteiger partial charge in [0.05, 0.1) is 18.1 Å². The molecule has 7 heteroatoms. The molecule has 2 atom stereocenters. The molecule has 132 valence electrons. The average Bonchev–Trinajstić information content (AvgIpc) is 2.62. The van der Waals surface area contributed by atoms with Gasteiger partial charge in [-0.05, 0) is 48.7 Å². The third-order valence-electron chi connectivity index (χ3n) is 4.63. The number of ether oxygens (including phenoxy) is 1. The van der Waals surface area contributed by atoms with Crippen LogP contribution in [-0.2, 0) is 5.60 Å². The predicted molar refractivity (Wildman–Crippen MR) is 95.0 cm³/mol. The zero-order valence-electron chi connectivity index (χ0n) is 13.7. The highest BCUT2D eigenvalue weighted by molar-refractivity contribution is 6.32. The molecule has 0 bridgehead atoms. The van der Waals surface area contributed by atoms with Gasteiger partial charge in [-0.25, -0.2) is 0 Å². The first kappa shape index (κ1) is 17.7. The van der Waals surface area contributed by atoms with Crippen LogP contribution in [-0.4, -0.2) is 23.7 Å². The third kappa shape index (κ3) is 3.33. The minimum Gasteiger partial charge on any atom is -0.497 e. The highest BCUT2D eigenvalue weighted by Gasteiger charge is 2.42. The number of hydrogen-bond acceptors (Lipinski definition) is 5. The number of halogens is 1. The van der Waals surface area contributed by atoms with Gasteiger partial charge in [0.15, 0.2) is 0 Å². The van der Waals surface area contributed by atoms with E-state index in [0.717, 1.165) is 6.42 Å². The first-order chi connectivity index (χ1) is 12.0. The van der Waals surface area contributed by atoms with E-state index in [0.29, 0.717) is 29.8 Å². The molecule has 1 heterocycles. The molecule has 2 N–H and O–H groups in total. The van der Waals surface area contributed by atoms with Crippen molar-refractivity contribution in [2.24, 2.45) is 0 Å². The van der Waals surface area contributed by atoms with Gasteiger partial charge in [-0.1, -0.05) is 29.8 Å². The molecule has 2 unspecified atom stereocenters. The van der Waals surface area contributed by atoms with Crippen LogP contribution in [0.5, 0.6) is 5.75 Å². The van der Waals surface area contributed by atoms with Crippen molar-refractivity contribution in [3.05, 3.63) is 68.7 Å². The summed E-state index contributed by atoms with van der Waals surface area (Å²) in [7, 11) is 1.57. The first-order valence-corrected chi connectivity index (χ1v) is 8.37. The van der Waals surface area contributed by atoms with Crippen LogP contribution in [0.3, 0.4) is 0 Å². The van der Waals surface area contributed by atoms with Gasteiger partial charge in [0.25, 0.3) is 5.69 Å². The van der Waals surface area contributed by atoms with Crippen LogP contribution in [0.1, 0.15) is 30.0 Å². The van der Waals surface area contributed by atoms with Crippen molar-refractivity contribution in [2.45, 2.75) is 24.5 Å². The molecule has 1 aliphatic rings. The number of benzene rings is 2. The van der Waals surface area contributed by atoms with Crippen LogP contribution < -0.4 is 10.1 Å². The number of piperidine rings is 1. The molecule has 6 nitrogen and oxygen atoms in total. The third-order valence-corrected chi connectivity index (χ3v) is 4.95. The highest BCUT2D eigenvalue weighted by atomic mass is 35.5. The van der Waals surface area contributed by atoms with E-state index in [-0.39, 0.29) is 10.7 Å². The number of nitrogens with zero attached hydrogens (tertiary/aromatic N) is 1. The summed E-state index contributed by atoms with van der Waals surface area (Å²) in [4.78, 5) is 10.7. The average molecular weight is 363 g/mol. The second kappa shape index (κ2) is 7.00. The maximum Gasteiger partial charge on any atom is 0.288 e. The molecule has 2 aromatic rings. The number of methoxy groups -OCH3 is 1. The van der Waals surface area contributed by atoms with Crippen LogP contribution >= 0.6 is 11.6 Å². The lowest BCUT2D eigenvalue weighted by molar-refractivity contribution is -0.384. The summed E-state index contributed by atoms with van der Waals surface area (Å²) >= 11 is 5.92. The lowest BCUT2D eigenvalue weighted by Gasteiger charge is -2.41. The summed E-state index contributed by atoms with van der Waals surface area (Å²) in [6.07, 6.45) is 1.33. The predicted octanol–water partition coefficient (Wildman–Crippen LogP) is 3.57. The molecule has 0 aliphatic carbocycles. The van der Waals surface area contributed by atoms with Crippen LogP contribution in [0.25, 0.3) is 0 Å². The smallest absolute Gasteiger partial charge is 0.288 e. The molecular formula is C18H19ClN2O4. The number of nitrogens with one attached hydrogen (secondary N) is 1. The van der Waals surface area contributed by atoms with Crippen molar-refractivity contribution in [1.82, 2.24) is 5.32 Å². The Hall–Kier alpha value is -2.15. The Kier molecular flexibility index (Phi) is 4.94. The van der Waals surface area contributed by atoms with Crippen molar-refractivity contribution >= 4 is 17.3 Å². The van der Waals surface area contributed by atoms with E-state index in [4.69, 9.17) is 16.3 Å². The van der Waals surface area contributed by atoms with Crippen LogP contribution in [0.4, 0.5) is 5.69 Å². The van der Waals surface area contributed by atoms with Crippen LogP contribution in [0, 0.1) is 10.1 Å². The number of nitro groups is 1. The van der Waals surface area contributed by atoms with Gasteiger partial charge in [-0.15, -0.1) is 0 Å². The second-order valence-electron chi connectivity index (χ2n) is 6.11. The van der Waals surface area contributed by atoms with Crippen molar-refractivity contribution in [3.63, 3.8) is 0 Å². The summed E-state index contributed by atoms with van der Waals surface area (Å²) in [5.41, 5.74) is -0.0311. The number of nitro benzene ring substituents is 1. The molecule has 0 aromatic heterocycles. The van der Waals surface area contributed by atoms with Gasteiger partial charge in [0.2, 0.25) is 0 Å². The zero-order valence-corrected chi connectivity index (χ0v) is 14.5. The van der Waals surface area contributed by atoms with Gasteiger partial charge in [0.1, 0.15) is 16.4 Å². The molecule has 25 heavy (non-hydrogen) atoms. The van der Waals surface area contributed by atoms with Crippen LogP contribution in [0.15, 0.2) is 42.5 Å². The molecule has 0 saturated carbocycles. The fourth-order valence-electron chi connectivity index (χ4n) is 3.36. The summed E-state index contributed by atoms with van der Waals surface area (Å²) in [5, 5.41) is 26.0. The van der Waals surface area contributed by atoms with Gasteiger partial charge in [0, 0.05) is 6.07 Å². The molecule has 1 aliphatic heterocycles. The Bertz CT molecular complexity index is 798. The maximum atomic E-state index is 11.5. The summed E-state index contributed by atoms with van der Waals surface area (Å²) in [5.74, 6) is 0.650. The van der Waals surface area contributed by atoms with Gasteiger partial charge in [-0.3, -0.25) is 10.1 Å². The number of hydrogen-bond donors (Lipinski definition) is 2. The Morgan fingerprint density at radius 1 is 1.36 bits per heavy atom. The summed E-state index contributed by atoms with van der Waals surface area (Å²) in [6, 6.07) is 11.4. The normalized spacial score (nSPS) is 23.2. The minimum atomic E-state index is -1.20. The van der Waals surface area contributed by atoms with E-state index < -0.39 is 16.6 Å². The molecule has 0 radical (unpaired) electrons.